The second-order valence-electron chi connectivity index (χ2n) is 3.67. The highest BCUT2D eigenvalue weighted by atomic mass is 14.6. The molecule has 2 N–H and O–H groups in total. The van der Waals surface area contributed by atoms with Gasteiger partial charge in [0.1, 0.15) is 0 Å². The van der Waals surface area contributed by atoms with Gasteiger partial charge in [-0.2, -0.15) is 0 Å². The van der Waals surface area contributed by atoms with Gasteiger partial charge in [0.15, 0.2) is 0 Å². The normalized spacial score (nSPS) is 48.3. The first-order chi connectivity index (χ1) is 4.40. The summed E-state index contributed by atoms with van der Waals surface area (Å²) in [4.78, 5) is 0. The highest BCUT2D eigenvalue weighted by molar-refractivity contribution is 4.92. The summed E-state index contributed by atoms with van der Waals surface area (Å²) in [6, 6.07) is 0. The first-order valence-electron chi connectivity index (χ1n) is 4.10. The molecule has 2 aliphatic carbocycles. The van der Waals surface area contributed by atoms with Crippen molar-refractivity contribution in [2.75, 3.05) is 6.54 Å². The molecular weight excluding hydrogens is 110 g/mol. The van der Waals surface area contributed by atoms with Crippen LogP contribution in [0.25, 0.3) is 0 Å². The number of hydrogen-bond acceptors (Lipinski definition) is 1. The van der Waals surface area contributed by atoms with E-state index < -0.39 is 0 Å². The highest BCUT2D eigenvalue weighted by Crippen LogP contribution is 2.50. The summed E-state index contributed by atoms with van der Waals surface area (Å²) >= 11 is 0. The van der Waals surface area contributed by atoms with Gasteiger partial charge in [-0.3, -0.25) is 0 Å². The van der Waals surface area contributed by atoms with Crippen molar-refractivity contribution >= 4 is 0 Å². The third-order valence-corrected chi connectivity index (χ3v) is 2.98. The van der Waals surface area contributed by atoms with Crippen molar-refractivity contribution in [2.24, 2.45) is 23.5 Å². The molecule has 0 saturated heterocycles. The molecule has 0 aromatic heterocycles. The fraction of sp³-hybridized carbons (Fsp3) is 1.00. The van der Waals surface area contributed by atoms with Crippen LogP contribution in [0.3, 0.4) is 0 Å². The molecule has 2 rings (SSSR count). The van der Waals surface area contributed by atoms with Gasteiger partial charge in [0.2, 0.25) is 0 Å². The Kier molecular flexibility index (Phi) is 1.26. The zero-order valence-corrected chi connectivity index (χ0v) is 5.84. The predicted molar refractivity (Wildman–Crippen MR) is 38.0 cm³/mol. The molecule has 0 heterocycles. The van der Waals surface area contributed by atoms with Crippen molar-refractivity contribution in [3.05, 3.63) is 0 Å². The topological polar surface area (TPSA) is 26.0 Å². The largest absolute Gasteiger partial charge is 0.330 e. The van der Waals surface area contributed by atoms with Crippen molar-refractivity contribution < 1.29 is 0 Å². The Bertz CT molecular complexity index is 111. The van der Waals surface area contributed by atoms with E-state index in [2.05, 4.69) is 0 Å². The summed E-state index contributed by atoms with van der Waals surface area (Å²) in [6.45, 7) is 0.934. The van der Waals surface area contributed by atoms with Crippen molar-refractivity contribution in [1.82, 2.24) is 0 Å². The molecule has 0 aromatic carbocycles. The molecule has 9 heavy (non-hydrogen) atoms. The maximum atomic E-state index is 5.58. The number of rotatable bonds is 1. The summed E-state index contributed by atoms with van der Waals surface area (Å²) in [7, 11) is 0. The van der Waals surface area contributed by atoms with Crippen molar-refractivity contribution in [3.63, 3.8) is 0 Å². The van der Waals surface area contributed by atoms with Crippen LogP contribution in [-0.4, -0.2) is 6.54 Å². The quantitative estimate of drug-likeness (QED) is 0.563. The van der Waals surface area contributed by atoms with E-state index in [-0.39, 0.29) is 0 Å². The summed E-state index contributed by atoms with van der Waals surface area (Å²) in [6.07, 6.45) is 5.86. The minimum Gasteiger partial charge on any atom is -0.330 e. The first-order valence-corrected chi connectivity index (χ1v) is 4.10. The van der Waals surface area contributed by atoms with Crippen LogP contribution in [0.15, 0.2) is 0 Å². The van der Waals surface area contributed by atoms with Gasteiger partial charge in [0, 0.05) is 0 Å². The molecule has 0 aromatic rings. The number of fused-ring (bicyclic) bond motifs is 1. The van der Waals surface area contributed by atoms with Crippen LogP contribution in [0.5, 0.6) is 0 Å². The Hall–Kier alpha value is -0.0400. The fourth-order valence-corrected chi connectivity index (χ4v) is 2.16. The highest BCUT2D eigenvalue weighted by Gasteiger charge is 2.41. The molecule has 0 aliphatic heterocycles. The van der Waals surface area contributed by atoms with E-state index in [1.807, 2.05) is 0 Å². The summed E-state index contributed by atoms with van der Waals surface area (Å²) < 4.78 is 0. The summed E-state index contributed by atoms with van der Waals surface area (Å²) in [5, 5.41) is 0. The molecule has 0 unspecified atom stereocenters. The second kappa shape index (κ2) is 1.98. The minimum atomic E-state index is 0.883. The van der Waals surface area contributed by atoms with E-state index in [1.54, 1.807) is 0 Å². The van der Waals surface area contributed by atoms with Gasteiger partial charge < -0.3 is 5.73 Å². The lowest BCUT2D eigenvalue weighted by Crippen LogP contribution is -2.18. The monoisotopic (exact) mass is 125 g/mol. The van der Waals surface area contributed by atoms with Gasteiger partial charge in [0.05, 0.1) is 0 Å². The molecule has 0 radical (unpaired) electrons. The second-order valence-corrected chi connectivity index (χ2v) is 3.67. The Morgan fingerprint density at radius 1 is 1.11 bits per heavy atom. The number of nitrogens with two attached hydrogens (primary N) is 1. The van der Waals surface area contributed by atoms with E-state index in [4.69, 9.17) is 5.73 Å². The Morgan fingerprint density at radius 3 is 2.67 bits per heavy atom. The van der Waals surface area contributed by atoms with E-state index in [0.717, 1.165) is 24.3 Å². The van der Waals surface area contributed by atoms with Crippen molar-refractivity contribution in [1.29, 1.82) is 0 Å². The lowest BCUT2D eigenvalue weighted by Gasteiger charge is -2.18. The van der Waals surface area contributed by atoms with Gasteiger partial charge in [-0.25, -0.2) is 0 Å². The molecule has 1 heteroatoms. The van der Waals surface area contributed by atoms with Crippen molar-refractivity contribution in [2.45, 2.75) is 25.7 Å². The first kappa shape index (κ1) is 5.72. The average molecular weight is 125 g/mol. The molecule has 0 bridgehead atoms. The third-order valence-electron chi connectivity index (χ3n) is 2.98. The molecule has 2 saturated carbocycles. The zero-order chi connectivity index (χ0) is 6.27. The molecule has 52 valence electrons. The lowest BCUT2D eigenvalue weighted by atomic mass is 9.90. The zero-order valence-electron chi connectivity index (χ0n) is 5.84. The van der Waals surface area contributed by atoms with Gasteiger partial charge in [-0.1, -0.05) is 0 Å². The smallest absolute Gasteiger partial charge is 0.00488 e. The van der Waals surface area contributed by atoms with Gasteiger partial charge >= 0.3 is 0 Å². The van der Waals surface area contributed by atoms with Crippen LogP contribution in [0, 0.1) is 17.8 Å². The Balaban J connectivity index is 1.86. The number of hydrogen-bond donors (Lipinski definition) is 1. The maximum absolute atomic E-state index is 5.58. The van der Waals surface area contributed by atoms with Crippen LogP contribution in [0.2, 0.25) is 0 Å². The maximum Gasteiger partial charge on any atom is -0.00488 e. The van der Waals surface area contributed by atoms with Crippen LogP contribution in [0.4, 0.5) is 0 Å². The predicted octanol–water partition coefficient (Wildman–Crippen LogP) is 1.38. The summed E-state index contributed by atoms with van der Waals surface area (Å²) in [5.41, 5.74) is 5.58. The van der Waals surface area contributed by atoms with Crippen LogP contribution < -0.4 is 5.73 Å². The van der Waals surface area contributed by atoms with E-state index in [9.17, 15) is 0 Å². The van der Waals surface area contributed by atoms with E-state index >= 15 is 0 Å². The average Bonchev–Trinajstić information content (AvgIpc) is 2.64. The molecule has 0 spiro atoms. The van der Waals surface area contributed by atoms with Crippen LogP contribution in [-0.2, 0) is 0 Å². The lowest BCUT2D eigenvalue weighted by molar-refractivity contribution is 0.351. The van der Waals surface area contributed by atoms with Gasteiger partial charge in [-0.05, 0) is 50.0 Å². The molecular formula is C8H15N. The van der Waals surface area contributed by atoms with Gasteiger partial charge in [0.25, 0.3) is 0 Å². The standard InChI is InChI=1S/C8H15N/c9-5-6-1-2-7-4-8(7)3-6/h6-8H,1-5,9H2/t6-,7-,8+/m1/s1. The molecule has 2 fully saturated rings. The van der Waals surface area contributed by atoms with Crippen LogP contribution in [0.1, 0.15) is 25.7 Å². The Labute approximate surface area is 56.6 Å². The third kappa shape index (κ3) is 0.983. The van der Waals surface area contributed by atoms with Gasteiger partial charge in [-0.15, -0.1) is 0 Å². The van der Waals surface area contributed by atoms with E-state index in [0.29, 0.717) is 0 Å². The SMILES string of the molecule is NC[C@@H]1CC[C@@H]2C[C@@H]2C1. The minimum absolute atomic E-state index is 0.883. The Morgan fingerprint density at radius 2 is 2.00 bits per heavy atom. The molecule has 0 amide bonds. The fourth-order valence-electron chi connectivity index (χ4n) is 2.16. The molecule has 2 aliphatic rings. The molecule has 3 atom stereocenters. The van der Waals surface area contributed by atoms with Crippen molar-refractivity contribution in [3.8, 4) is 0 Å². The summed E-state index contributed by atoms with van der Waals surface area (Å²) in [5.74, 6) is 3.12. The molecule has 1 nitrogen and oxygen atoms in total. The van der Waals surface area contributed by atoms with Crippen LogP contribution >= 0.6 is 0 Å². The van der Waals surface area contributed by atoms with E-state index in [1.165, 1.54) is 25.7 Å².